The Balaban J connectivity index is 1.98. The lowest BCUT2D eigenvalue weighted by Gasteiger charge is -2.08. The van der Waals surface area contributed by atoms with E-state index in [9.17, 15) is 4.79 Å². The predicted octanol–water partition coefficient (Wildman–Crippen LogP) is 3.75. The lowest BCUT2D eigenvalue weighted by atomic mass is 10.0. The van der Waals surface area contributed by atoms with E-state index in [0.29, 0.717) is 17.3 Å². The number of aliphatic imine (C=N–C) groups is 2. The summed E-state index contributed by atoms with van der Waals surface area (Å²) < 4.78 is 4.72. The lowest BCUT2D eigenvalue weighted by Crippen LogP contribution is -2.25. The fraction of sp³-hybridized carbons (Fsp3) is 0.200. The molecule has 0 spiro atoms. The van der Waals surface area contributed by atoms with Crippen LogP contribution in [0.3, 0.4) is 0 Å². The van der Waals surface area contributed by atoms with Gasteiger partial charge in [0.1, 0.15) is 11.5 Å². The first-order valence-corrected chi connectivity index (χ1v) is 8.88. The summed E-state index contributed by atoms with van der Waals surface area (Å²) in [5.41, 5.74) is 6.50. The number of hydrogen-bond acceptors (Lipinski definition) is 6. The number of amidine groups is 1. The third kappa shape index (κ3) is 4.41. The van der Waals surface area contributed by atoms with E-state index >= 15 is 0 Å². The zero-order valence-corrected chi connectivity index (χ0v) is 15.8. The van der Waals surface area contributed by atoms with Crippen molar-refractivity contribution in [1.29, 1.82) is 0 Å². The molecule has 7 heteroatoms. The van der Waals surface area contributed by atoms with Gasteiger partial charge < -0.3 is 4.74 Å². The predicted molar refractivity (Wildman–Crippen MR) is 108 cm³/mol. The van der Waals surface area contributed by atoms with Gasteiger partial charge in [-0.1, -0.05) is 48.9 Å². The standard InChI is InChI=1S/C20H19ClN4O2/c1-3-16(20(26)27-2)24-25-18-12-22-19(13-7-5-4-6-8-13)15-11-14(21)9-10-17(15)23-18/h4-11H,3,12H2,1-2H3,(H,23,25)/b24-16-. The van der Waals surface area contributed by atoms with Crippen molar-refractivity contribution in [3.63, 3.8) is 0 Å². The first-order valence-electron chi connectivity index (χ1n) is 8.50. The second kappa shape index (κ2) is 8.60. The third-order valence-electron chi connectivity index (χ3n) is 3.98. The molecule has 0 aliphatic carbocycles. The average molecular weight is 383 g/mol. The van der Waals surface area contributed by atoms with Crippen LogP contribution in [0.5, 0.6) is 0 Å². The van der Waals surface area contributed by atoms with Crippen LogP contribution in [0.4, 0.5) is 5.69 Å². The number of carbonyl (C=O) groups is 1. The molecule has 0 atom stereocenters. The number of benzene rings is 2. The fourth-order valence-electron chi connectivity index (χ4n) is 2.64. The topological polar surface area (TPSA) is 75.4 Å². The second-order valence-electron chi connectivity index (χ2n) is 5.77. The highest BCUT2D eigenvalue weighted by molar-refractivity contribution is 6.36. The van der Waals surface area contributed by atoms with Crippen LogP contribution in [-0.4, -0.2) is 36.9 Å². The van der Waals surface area contributed by atoms with E-state index in [1.165, 1.54) is 7.11 Å². The minimum Gasteiger partial charge on any atom is -0.464 e. The number of methoxy groups -OCH3 is 1. The number of esters is 1. The van der Waals surface area contributed by atoms with Gasteiger partial charge in [0, 0.05) is 16.1 Å². The molecule has 3 rings (SSSR count). The molecule has 27 heavy (non-hydrogen) atoms. The van der Waals surface area contributed by atoms with E-state index in [-0.39, 0.29) is 12.3 Å². The highest BCUT2D eigenvalue weighted by atomic mass is 35.5. The van der Waals surface area contributed by atoms with E-state index in [4.69, 9.17) is 21.3 Å². The van der Waals surface area contributed by atoms with Crippen molar-refractivity contribution in [3.05, 3.63) is 64.7 Å². The number of nitrogens with zero attached hydrogens (tertiary/aromatic N) is 3. The van der Waals surface area contributed by atoms with Crippen LogP contribution in [0.15, 0.2) is 63.6 Å². The molecule has 6 nitrogen and oxygen atoms in total. The van der Waals surface area contributed by atoms with Gasteiger partial charge in [-0.3, -0.25) is 10.4 Å². The summed E-state index contributed by atoms with van der Waals surface area (Å²) in [5, 5.41) is 4.74. The van der Waals surface area contributed by atoms with Gasteiger partial charge in [0.05, 0.1) is 25.1 Å². The Hall–Kier alpha value is -2.99. The highest BCUT2D eigenvalue weighted by Crippen LogP contribution is 2.28. The molecule has 2 aromatic rings. The molecule has 1 aliphatic rings. The first-order chi connectivity index (χ1) is 13.1. The molecule has 1 heterocycles. The summed E-state index contributed by atoms with van der Waals surface area (Å²) >= 11 is 6.20. The van der Waals surface area contributed by atoms with Crippen LogP contribution in [0.25, 0.3) is 0 Å². The van der Waals surface area contributed by atoms with Crippen LogP contribution < -0.4 is 5.43 Å². The Bertz CT molecular complexity index is 936. The van der Waals surface area contributed by atoms with Crippen molar-refractivity contribution >= 4 is 40.5 Å². The first kappa shape index (κ1) is 18.8. The van der Waals surface area contributed by atoms with Crippen LogP contribution >= 0.6 is 11.6 Å². The molecular weight excluding hydrogens is 364 g/mol. The number of hydrogen-bond donors (Lipinski definition) is 1. The average Bonchev–Trinajstić information content (AvgIpc) is 2.88. The quantitative estimate of drug-likeness (QED) is 0.497. The Morgan fingerprint density at radius 2 is 2.04 bits per heavy atom. The summed E-state index contributed by atoms with van der Waals surface area (Å²) in [7, 11) is 1.33. The SMILES string of the molecule is CC/C(=N/NC1=Nc2ccc(Cl)cc2C(c2ccccc2)=NC1)C(=O)OC. The van der Waals surface area contributed by atoms with Gasteiger partial charge in [-0.25, -0.2) is 9.79 Å². The molecule has 2 aromatic carbocycles. The van der Waals surface area contributed by atoms with Crippen molar-refractivity contribution in [3.8, 4) is 0 Å². The fourth-order valence-corrected chi connectivity index (χ4v) is 2.81. The molecule has 0 radical (unpaired) electrons. The summed E-state index contributed by atoms with van der Waals surface area (Å²) in [6.45, 7) is 2.12. The van der Waals surface area contributed by atoms with Gasteiger partial charge in [-0.05, 0) is 24.6 Å². The normalized spacial score (nSPS) is 13.8. The zero-order valence-electron chi connectivity index (χ0n) is 15.1. The minimum atomic E-state index is -0.472. The summed E-state index contributed by atoms with van der Waals surface area (Å²) in [6.07, 6.45) is 0.442. The van der Waals surface area contributed by atoms with Crippen molar-refractivity contribution in [1.82, 2.24) is 5.43 Å². The molecule has 0 fully saturated rings. The van der Waals surface area contributed by atoms with Gasteiger partial charge in [-0.15, -0.1) is 0 Å². The number of carbonyl (C=O) groups excluding carboxylic acids is 1. The molecule has 0 amide bonds. The van der Waals surface area contributed by atoms with Gasteiger partial charge in [-0.2, -0.15) is 5.10 Å². The number of fused-ring (bicyclic) bond motifs is 1. The Kier molecular flexibility index (Phi) is 5.98. The van der Waals surface area contributed by atoms with Crippen molar-refractivity contribution < 1.29 is 9.53 Å². The number of nitrogens with one attached hydrogen (secondary N) is 1. The molecular formula is C20H19ClN4O2. The maximum atomic E-state index is 11.7. The van der Waals surface area contributed by atoms with E-state index in [1.807, 2.05) is 49.4 Å². The largest absolute Gasteiger partial charge is 0.464 e. The molecule has 0 saturated carbocycles. The van der Waals surface area contributed by atoms with Crippen LogP contribution in [0.1, 0.15) is 24.5 Å². The zero-order chi connectivity index (χ0) is 19.2. The van der Waals surface area contributed by atoms with E-state index in [0.717, 1.165) is 22.5 Å². The molecule has 1 aliphatic heterocycles. The Morgan fingerprint density at radius 3 is 2.74 bits per heavy atom. The van der Waals surface area contributed by atoms with Gasteiger partial charge in [0.2, 0.25) is 0 Å². The lowest BCUT2D eigenvalue weighted by molar-refractivity contribution is -0.132. The number of halogens is 1. The van der Waals surface area contributed by atoms with Gasteiger partial charge >= 0.3 is 5.97 Å². The molecule has 1 N–H and O–H groups in total. The maximum Gasteiger partial charge on any atom is 0.354 e. The van der Waals surface area contributed by atoms with Crippen LogP contribution in [0, 0.1) is 0 Å². The summed E-state index contributed by atoms with van der Waals surface area (Å²) in [5.74, 6) is 0.0548. The second-order valence-corrected chi connectivity index (χ2v) is 6.20. The Labute approximate surface area is 162 Å². The van der Waals surface area contributed by atoms with Crippen molar-refractivity contribution in [2.24, 2.45) is 15.1 Å². The smallest absolute Gasteiger partial charge is 0.354 e. The summed E-state index contributed by atoms with van der Waals surface area (Å²) in [4.78, 5) is 21.0. The highest BCUT2D eigenvalue weighted by Gasteiger charge is 2.17. The summed E-state index contributed by atoms with van der Waals surface area (Å²) in [6, 6.07) is 15.3. The van der Waals surface area contributed by atoms with Crippen LogP contribution in [-0.2, 0) is 9.53 Å². The molecule has 0 saturated heterocycles. The van der Waals surface area contributed by atoms with Gasteiger partial charge in [0.25, 0.3) is 0 Å². The maximum absolute atomic E-state index is 11.7. The van der Waals surface area contributed by atoms with E-state index in [1.54, 1.807) is 6.07 Å². The third-order valence-corrected chi connectivity index (χ3v) is 4.21. The number of ether oxygens (including phenoxy) is 1. The number of hydrazone groups is 1. The van der Waals surface area contributed by atoms with E-state index in [2.05, 4.69) is 15.5 Å². The molecule has 0 aromatic heterocycles. The van der Waals surface area contributed by atoms with Gasteiger partial charge in [0.15, 0.2) is 0 Å². The Morgan fingerprint density at radius 1 is 1.26 bits per heavy atom. The van der Waals surface area contributed by atoms with Crippen molar-refractivity contribution in [2.75, 3.05) is 13.7 Å². The molecule has 0 bridgehead atoms. The monoisotopic (exact) mass is 382 g/mol. The van der Waals surface area contributed by atoms with E-state index < -0.39 is 5.97 Å². The van der Waals surface area contributed by atoms with Crippen molar-refractivity contribution in [2.45, 2.75) is 13.3 Å². The minimum absolute atomic E-state index is 0.285. The molecule has 0 unspecified atom stereocenters. The number of rotatable bonds is 4. The molecule has 138 valence electrons. The van der Waals surface area contributed by atoms with Crippen LogP contribution in [0.2, 0.25) is 5.02 Å².